The fourth-order valence-electron chi connectivity index (χ4n) is 5.17. The predicted octanol–water partition coefficient (Wildman–Crippen LogP) is 3.80. The predicted molar refractivity (Wildman–Crippen MR) is 90.7 cm³/mol. The lowest BCUT2D eigenvalue weighted by Gasteiger charge is -2.59. The summed E-state index contributed by atoms with van der Waals surface area (Å²) in [5, 5.41) is 10.5. The van der Waals surface area contributed by atoms with Gasteiger partial charge in [0.25, 0.3) is 0 Å². The van der Waals surface area contributed by atoms with Crippen molar-refractivity contribution in [1.82, 2.24) is 0 Å². The fourth-order valence-corrected chi connectivity index (χ4v) is 5.17. The van der Waals surface area contributed by atoms with Crippen LogP contribution in [0.15, 0.2) is 36.0 Å². The molecule has 0 bridgehead atoms. The third-order valence-electron chi connectivity index (χ3n) is 6.64. The first-order chi connectivity index (χ1) is 10.8. The van der Waals surface area contributed by atoms with E-state index in [4.69, 9.17) is 4.74 Å². The molecule has 23 heavy (non-hydrogen) atoms. The van der Waals surface area contributed by atoms with Gasteiger partial charge in [-0.05, 0) is 48.5 Å². The zero-order chi connectivity index (χ0) is 16.8. The molecule has 0 saturated heterocycles. The van der Waals surface area contributed by atoms with Crippen molar-refractivity contribution in [3.05, 3.63) is 36.0 Å². The summed E-state index contributed by atoms with van der Waals surface area (Å²) < 4.78 is 4.97. The molecule has 4 unspecified atom stereocenters. The Bertz CT molecular complexity index is 584. The van der Waals surface area contributed by atoms with Gasteiger partial charge in [0.1, 0.15) is 6.61 Å². The monoisotopic (exact) mass is 316 g/mol. The SMILES string of the molecule is C=C1CCC2C(C)(C)C(O)CCC2(C)C1C=CC1=CCOC1=O. The summed E-state index contributed by atoms with van der Waals surface area (Å²) in [4.78, 5) is 11.6. The minimum Gasteiger partial charge on any atom is -0.458 e. The lowest BCUT2D eigenvalue weighted by molar-refractivity contribution is -0.135. The Kier molecular flexibility index (Phi) is 4.04. The van der Waals surface area contributed by atoms with Crippen molar-refractivity contribution < 1.29 is 14.6 Å². The van der Waals surface area contributed by atoms with E-state index < -0.39 is 0 Å². The van der Waals surface area contributed by atoms with E-state index in [-0.39, 0.29) is 28.8 Å². The molecule has 2 fully saturated rings. The van der Waals surface area contributed by atoms with Crippen LogP contribution in [0.2, 0.25) is 0 Å². The van der Waals surface area contributed by atoms with Gasteiger partial charge in [-0.2, -0.15) is 0 Å². The minimum atomic E-state index is -0.233. The molecule has 3 aliphatic rings. The molecule has 3 nitrogen and oxygen atoms in total. The number of carbonyl (C=O) groups is 1. The molecule has 126 valence electrons. The summed E-state index contributed by atoms with van der Waals surface area (Å²) in [6, 6.07) is 0. The highest BCUT2D eigenvalue weighted by molar-refractivity contribution is 5.93. The molecule has 2 aliphatic carbocycles. The lowest BCUT2D eigenvalue weighted by atomic mass is 9.47. The van der Waals surface area contributed by atoms with Crippen LogP contribution in [0.3, 0.4) is 0 Å². The Morgan fingerprint density at radius 3 is 2.74 bits per heavy atom. The maximum Gasteiger partial charge on any atom is 0.338 e. The molecule has 0 aromatic carbocycles. The van der Waals surface area contributed by atoms with Gasteiger partial charge in [-0.1, -0.05) is 45.1 Å². The number of hydrogen-bond acceptors (Lipinski definition) is 3. The van der Waals surface area contributed by atoms with Crippen molar-refractivity contribution in [1.29, 1.82) is 0 Å². The van der Waals surface area contributed by atoms with Gasteiger partial charge in [-0.25, -0.2) is 4.79 Å². The van der Waals surface area contributed by atoms with Crippen molar-refractivity contribution in [3.8, 4) is 0 Å². The van der Waals surface area contributed by atoms with Crippen molar-refractivity contribution in [2.24, 2.45) is 22.7 Å². The van der Waals surface area contributed by atoms with Crippen molar-refractivity contribution >= 4 is 5.97 Å². The Hall–Kier alpha value is -1.35. The molecule has 3 heteroatoms. The van der Waals surface area contributed by atoms with E-state index in [1.165, 1.54) is 5.57 Å². The zero-order valence-electron chi connectivity index (χ0n) is 14.5. The van der Waals surface area contributed by atoms with Crippen LogP contribution in [-0.4, -0.2) is 23.8 Å². The number of cyclic esters (lactones) is 1. The topological polar surface area (TPSA) is 46.5 Å². The molecule has 0 aromatic heterocycles. The standard InChI is InChI=1S/C20H28O3/c1-13-5-8-16-19(2,3)17(21)9-11-20(16,4)15(13)7-6-14-10-12-23-18(14)22/h6-7,10,15-17,21H,1,5,8-9,11-12H2,2-4H3. The smallest absolute Gasteiger partial charge is 0.338 e. The van der Waals surface area contributed by atoms with Crippen LogP contribution in [0.4, 0.5) is 0 Å². The number of fused-ring (bicyclic) bond motifs is 1. The maximum atomic E-state index is 11.6. The van der Waals surface area contributed by atoms with Crippen LogP contribution in [0.5, 0.6) is 0 Å². The third-order valence-corrected chi connectivity index (χ3v) is 6.64. The van der Waals surface area contributed by atoms with E-state index in [1.807, 2.05) is 12.2 Å². The number of carbonyl (C=O) groups excluding carboxylic acids is 1. The van der Waals surface area contributed by atoms with E-state index in [2.05, 4.69) is 33.4 Å². The molecular formula is C20H28O3. The van der Waals surface area contributed by atoms with Crippen LogP contribution in [0, 0.1) is 22.7 Å². The summed E-state index contributed by atoms with van der Waals surface area (Å²) in [6.07, 6.45) is 9.59. The first kappa shape index (κ1) is 16.5. The first-order valence-corrected chi connectivity index (χ1v) is 8.68. The van der Waals surface area contributed by atoms with Crippen LogP contribution >= 0.6 is 0 Å². The lowest BCUT2D eigenvalue weighted by Crippen LogP contribution is -2.54. The van der Waals surface area contributed by atoms with Crippen molar-refractivity contribution in [2.45, 2.75) is 52.6 Å². The number of esters is 1. The van der Waals surface area contributed by atoms with Gasteiger partial charge < -0.3 is 9.84 Å². The van der Waals surface area contributed by atoms with Gasteiger partial charge >= 0.3 is 5.97 Å². The molecule has 0 amide bonds. The molecule has 0 radical (unpaired) electrons. The number of aliphatic hydroxyl groups is 1. The zero-order valence-corrected chi connectivity index (χ0v) is 14.5. The molecule has 1 N–H and O–H groups in total. The highest BCUT2D eigenvalue weighted by Gasteiger charge is 2.55. The first-order valence-electron chi connectivity index (χ1n) is 8.68. The Balaban J connectivity index is 1.91. The van der Waals surface area contributed by atoms with Crippen molar-refractivity contribution in [2.75, 3.05) is 6.61 Å². The summed E-state index contributed by atoms with van der Waals surface area (Å²) in [6.45, 7) is 11.4. The van der Waals surface area contributed by atoms with Crippen LogP contribution in [0.1, 0.15) is 46.5 Å². The van der Waals surface area contributed by atoms with Gasteiger partial charge in [0.2, 0.25) is 0 Å². The molecule has 0 spiro atoms. The van der Waals surface area contributed by atoms with Gasteiger partial charge in [-0.15, -0.1) is 0 Å². The second-order valence-electron chi connectivity index (χ2n) is 8.23. The average Bonchev–Trinajstić information content (AvgIpc) is 2.88. The molecule has 1 aliphatic heterocycles. The summed E-state index contributed by atoms with van der Waals surface area (Å²) in [7, 11) is 0. The normalized spacial score (nSPS) is 40.0. The number of aliphatic hydroxyl groups excluding tert-OH is 1. The van der Waals surface area contributed by atoms with E-state index in [0.717, 1.165) is 25.7 Å². The second kappa shape index (κ2) is 5.62. The molecule has 4 atom stereocenters. The minimum absolute atomic E-state index is 0.0780. The quantitative estimate of drug-likeness (QED) is 0.623. The molecular weight excluding hydrogens is 288 g/mol. The van der Waals surface area contributed by atoms with E-state index >= 15 is 0 Å². The van der Waals surface area contributed by atoms with Gasteiger partial charge in [0.05, 0.1) is 11.7 Å². The number of allylic oxidation sites excluding steroid dienone is 2. The van der Waals surface area contributed by atoms with Crippen LogP contribution in [0.25, 0.3) is 0 Å². The highest BCUT2D eigenvalue weighted by atomic mass is 16.5. The van der Waals surface area contributed by atoms with Crippen LogP contribution < -0.4 is 0 Å². The van der Waals surface area contributed by atoms with Gasteiger partial charge in [0, 0.05) is 5.92 Å². The molecule has 2 saturated carbocycles. The van der Waals surface area contributed by atoms with E-state index in [1.54, 1.807) is 0 Å². The third kappa shape index (κ3) is 2.59. The molecule has 1 heterocycles. The number of hydrogen-bond donors (Lipinski definition) is 1. The molecule has 3 rings (SSSR count). The van der Waals surface area contributed by atoms with Gasteiger partial charge in [-0.3, -0.25) is 0 Å². The Labute approximate surface area is 139 Å². The number of rotatable bonds is 2. The average molecular weight is 316 g/mol. The van der Waals surface area contributed by atoms with E-state index in [9.17, 15) is 9.90 Å². The Morgan fingerprint density at radius 1 is 1.35 bits per heavy atom. The summed E-state index contributed by atoms with van der Waals surface area (Å²) in [5.74, 6) is 0.481. The largest absolute Gasteiger partial charge is 0.458 e. The summed E-state index contributed by atoms with van der Waals surface area (Å²) in [5.41, 5.74) is 1.92. The fraction of sp³-hybridized carbons (Fsp3) is 0.650. The summed E-state index contributed by atoms with van der Waals surface area (Å²) >= 11 is 0. The van der Waals surface area contributed by atoms with Gasteiger partial charge in [0.15, 0.2) is 0 Å². The van der Waals surface area contributed by atoms with Crippen molar-refractivity contribution in [3.63, 3.8) is 0 Å². The highest BCUT2D eigenvalue weighted by Crippen LogP contribution is 2.61. The Morgan fingerprint density at radius 2 is 2.09 bits per heavy atom. The maximum absolute atomic E-state index is 11.6. The molecule has 0 aromatic rings. The van der Waals surface area contributed by atoms with E-state index in [0.29, 0.717) is 18.1 Å². The number of ether oxygens (including phenoxy) is 1. The van der Waals surface area contributed by atoms with Crippen LogP contribution in [-0.2, 0) is 9.53 Å². The second-order valence-corrected chi connectivity index (χ2v) is 8.23.